The number of para-hydroxylation sites is 1. The number of thioether (sulfide) groups is 1. The van der Waals surface area contributed by atoms with E-state index in [-0.39, 0.29) is 4.87 Å². The van der Waals surface area contributed by atoms with E-state index in [0.29, 0.717) is 17.3 Å². The first kappa shape index (κ1) is 18.2. The van der Waals surface area contributed by atoms with Crippen LogP contribution in [0.3, 0.4) is 0 Å². The molecule has 0 saturated carbocycles. The molecule has 2 aliphatic heterocycles. The maximum absolute atomic E-state index is 12.9. The first-order valence-corrected chi connectivity index (χ1v) is 10.7. The maximum Gasteiger partial charge on any atom is 0.317 e. The molecule has 0 unspecified atom stereocenters. The van der Waals surface area contributed by atoms with Crippen molar-refractivity contribution >= 4 is 35.0 Å². The minimum Gasteiger partial charge on any atom is -0.480 e. The Morgan fingerprint density at radius 3 is 2.55 bits per heavy atom. The molecule has 0 radical (unpaired) electrons. The number of esters is 1. The largest absolute Gasteiger partial charge is 0.480 e. The Balaban J connectivity index is 1.70. The number of carboxylic acids is 1. The minimum absolute atomic E-state index is 0.160. The smallest absolute Gasteiger partial charge is 0.317 e. The van der Waals surface area contributed by atoms with Crippen molar-refractivity contribution < 1.29 is 19.4 Å². The molecule has 6 nitrogen and oxygen atoms in total. The van der Waals surface area contributed by atoms with Crippen molar-refractivity contribution in [2.24, 2.45) is 5.92 Å². The molecular weight excluding hydrogens is 410 g/mol. The number of carbonyl (C=O) groups is 2. The lowest BCUT2D eigenvalue weighted by molar-refractivity contribution is -0.147. The zero-order valence-electron chi connectivity index (χ0n) is 15.0. The minimum atomic E-state index is -1.09. The summed E-state index contributed by atoms with van der Waals surface area (Å²) in [6.07, 6.45) is 0. The lowest BCUT2D eigenvalue weighted by atomic mass is 9.80. The summed E-state index contributed by atoms with van der Waals surface area (Å²) < 4.78 is 7.05. The third kappa shape index (κ3) is 2.90. The van der Waals surface area contributed by atoms with Crippen LogP contribution in [0, 0.1) is 5.92 Å². The highest BCUT2D eigenvalue weighted by atomic mass is 32.2. The molecule has 1 aromatic heterocycles. The Bertz CT molecular complexity index is 1180. The number of aliphatic carboxylic acids is 1. The van der Waals surface area contributed by atoms with Gasteiger partial charge < -0.3 is 9.84 Å². The molecule has 29 heavy (non-hydrogen) atoms. The van der Waals surface area contributed by atoms with Crippen molar-refractivity contribution in [3.63, 3.8) is 0 Å². The van der Waals surface area contributed by atoms with E-state index in [1.165, 1.54) is 0 Å². The van der Waals surface area contributed by atoms with Crippen molar-refractivity contribution in [3.8, 4) is 5.75 Å². The van der Waals surface area contributed by atoms with E-state index < -0.39 is 29.0 Å². The van der Waals surface area contributed by atoms with Gasteiger partial charge in [0.05, 0.1) is 17.5 Å². The van der Waals surface area contributed by atoms with Crippen molar-refractivity contribution in [2.45, 2.75) is 22.7 Å². The molecule has 5 rings (SSSR count). The van der Waals surface area contributed by atoms with Crippen LogP contribution in [0.1, 0.15) is 21.9 Å². The second-order valence-electron chi connectivity index (χ2n) is 6.95. The number of fused-ring (bicyclic) bond motifs is 5. The number of aromatic nitrogens is 1. The van der Waals surface area contributed by atoms with E-state index in [0.717, 1.165) is 39.1 Å². The molecule has 3 aromatic rings. The van der Waals surface area contributed by atoms with E-state index in [2.05, 4.69) is 0 Å². The zero-order chi connectivity index (χ0) is 20.1. The van der Waals surface area contributed by atoms with Crippen molar-refractivity contribution in [1.29, 1.82) is 0 Å². The highest BCUT2D eigenvalue weighted by Gasteiger charge is 2.52. The summed E-state index contributed by atoms with van der Waals surface area (Å²) in [4.78, 5) is 38.2. The van der Waals surface area contributed by atoms with Crippen LogP contribution in [0.4, 0.5) is 0 Å². The monoisotopic (exact) mass is 425 g/mol. The lowest BCUT2D eigenvalue weighted by Crippen LogP contribution is -2.44. The summed E-state index contributed by atoms with van der Waals surface area (Å²) in [7, 11) is 0. The van der Waals surface area contributed by atoms with E-state index >= 15 is 0 Å². The predicted molar refractivity (Wildman–Crippen MR) is 109 cm³/mol. The summed E-state index contributed by atoms with van der Waals surface area (Å²) in [6.45, 7) is 0.355. The van der Waals surface area contributed by atoms with Crippen LogP contribution in [0.2, 0.25) is 0 Å². The summed E-state index contributed by atoms with van der Waals surface area (Å²) in [5.41, 5.74) is 1.70. The molecule has 0 spiro atoms. The molecule has 2 aromatic carbocycles. The van der Waals surface area contributed by atoms with Crippen molar-refractivity contribution in [2.75, 3.05) is 0 Å². The average molecular weight is 425 g/mol. The van der Waals surface area contributed by atoms with Crippen LogP contribution >= 0.6 is 23.1 Å². The molecule has 3 heterocycles. The topological polar surface area (TPSA) is 85.6 Å². The molecule has 1 N–H and O–H groups in total. The van der Waals surface area contributed by atoms with Gasteiger partial charge in [-0.2, -0.15) is 0 Å². The summed E-state index contributed by atoms with van der Waals surface area (Å²) >= 11 is 2.16. The SMILES string of the molecule is O=C1Oc2ccccc2[C@H]2c3sc(=O)n(Cc4ccccc4)c3S[C@H](C(=O)O)[C@H]12. The average Bonchev–Trinajstić information content (AvgIpc) is 3.03. The normalized spacial score (nSPS) is 22.2. The number of hydrogen-bond acceptors (Lipinski definition) is 6. The van der Waals surface area contributed by atoms with Crippen LogP contribution < -0.4 is 9.61 Å². The number of ether oxygens (including phenoxy) is 1. The zero-order valence-corrected chi connectivity index (χ0v) is 16.6. The standard InChI is InChI=1S/C21H15NO5S2/c23-19(24)17-15-14(12-8-4-5-9-13(12)27-20(15)25)16-18(28-17)22(21(26)29-16)10-11-6-2-1-3-7-11/h1-9,14-15,17H,10H2,(H,23,24)/t14-,15-,17+/m1/s1. The van der Waals surface area contributed by atoms with Crippen molar-refractivity contribution in [1.82, 2.24) is 4.57 Å². The van der Waals surface area contributed by atoms with Gasteiger partial charge in [0.15, 0.2) is 0 Å². The fraction of sp³-hybridized carbons (Fsp3) is 0.190. The molecule has 8 heteroatoms. The van der Waals surface area contributed by atoms with Crippen LogP contribution in [-0.4, -0.2) is 26.9 Å². The summed E-state index contributed by atoms with van der Waals surface area (Å²) in [5, 5.41) is 9.45. The van der Waals surface area contributed by atoms with Crippen LogP contribution in [0.5, 0.6) is 5.75 Å². The second kappa shape index (κ2) is 6.89. The van der Waals surface area contributed by atoms with Gasteiger partial charge in [0.1, 0.15) is 11.0 Å². The van der Waals surface area contributed by atoms with Gasteiger partial charge in [-0.3, -0.25) is 19.0 Å². The van der Waals surface area contributed by atoms with E-state index in [1.54, 1.807) is 16.7 Å². The van der Waals surface area contributed by atoms with Gasteiger partial charge in [0.25, 0.3) is 0 Å². The molecule has 146 valence electrons. The van der Waals surface area contributed by atoms with Gasteiger partial charge in [0.2, 0.25) is 0 Å². The van der Waals surface area contributed by atoms with Gasteiger partial charge in [-0.1, -0.05) is 71.6 Å². The maximum atomic E-state index is 12.9. The molecule has 2 aliphatic rings. The fourth-order valence-corrected chi connectivity index (χ4v) is 6.62. The number of hydrogen-bond donors (Lipinski definition) is 1. The Morgan fingerprint density at radius 2 is 1.79 bits per heavy atom. The predicted octanol–water partition coefficient (Wildman–Crippen LogP) is 3.18. The number of thiazole rings is 1. The number of nitrogens with zero attached hydrogens (tertiary/aromatic N) is 1. The number of carboxylic acid groups (broad SMARTS) is 1. The van der Waals surface area contributed by atoms with Crippen LogP contribution in [-0.2, 0) is 16.1 Å². The van der Waals surface area contributed by atoms with Crippen LogP contribution in [0.25, 0.3) is 0 Å². The number of carbonyl (C=O) groups excluding carboxylic acids is 1. The van der Waals surface area contributed by atoms with Crippen molar-refractivity contribution in [3.05, 3.63) is 80.3 Å². The first-order chi connectivity index (χ1) is 14.0. The van der Waals surface area contributed by atoms with E-state index in [9.17, 15) is 19.5 Å². The Kier molecular flexibility index (Phi) is 4.33. The lowest BCUT2D eigenvalue weighted by Gasteiger charge is -2.37. The van der Waals surface area contributed by atoms with Gasteiger partial charge in [0, 0.05) is 16.4 Å². The van der Waals surface area contributed by atoms with Crippen LogP contribution in [0.15, 0.2) is 64.4 Å². The molecule has 0 fully saturated rings. The molecule has 0 amide bonds. The van der Waals surface area contributed by atoms with E-state index in [4.69, 9.17) is 4.74 Å². The Morgan fingerprint density at radius 1 is 1.07 bits per heavy atom. The number of benzene rings is 2. The molecule has 0 saturated heterocycles. The Hall–Kier alpha value is -2.84. The molecular formula is C21H15NO5S2. The van der Waals surface area contributed by atoms with Gasteiger partial charge in [-0.05, 0) is 11.6 Å². The summed E-state index contributed by atoms with van der Waals surface area (Å²) in [6, 6.07) is 16.7. The third-order valence-electron chi connectivity index (χ3n) is 5.24. The summed E-state index contributed by atoms with van der Waals surface area (Å²) in [5.74, 6) is -2.59. The molecule has 0 aliphatic carbocycles. The van der Waals surface area contributed by atoms with Gasteiger partial charge in [-0.15, -0.1) is 0 Å². The second-order valence-corrected chi connectivity index (χ2v) is 9.07. The Labute approximate surface area is 173 Å². The molecule has 3 atom stereocenters. The van der Waals surface area contributed by atoms with E-state index in [1.807, 2.05) is 42.5 Å². The van der Waals surface area contributed by atoms with Gasteiger partial charge in [-0.25, -0.2) is 0 Å². The molecule has 0 bridgehead atoms. The third-order valence-corrected chi connectivity index (χ3v) is 7.85. The quantitative estimate of drug-likeness (QED) is 0.512. The number of rotatable bonds is 3. The first-order valence-electron chi connectivity index (χ1n) is 9.02. The van der Waals surface area contributed by atoms with Gasteiger partial charge >= 0.3 is 16.8 Å². The highest BCUT2D eigenvalue weighted by molar-refractivity contribution is 8.00. The highest BCUT2D eigenvalue weighted by Crippen LogP contribution is 2.54. The fourth-order valence-electron chi connectivity index (χ4n) is 3.97.